The standard InChI is InChI=1S/C16H18N2O3/c1-10-7-8-11-5-4-6-12(13(11)18-10)14(19)17-9-16(2,3)15(20)21/h4-8H,9H2,1-3H3,(H,17,19)(H,20,21). The maximum atomic E-state index is 12.3. The van der Waals surface area contributed by atoms with Gasteiger partial charge in [-0.3, -0.25) is 14.6 Å². The van der Waals surface area contributed by atoms with Crippen molar-refractivity contribution in [2.45, 2.75) is 20.8 Å². The van der Waals surface area contributed by atoms with Crippen LogP contribution in [0.4, 0.5) is 0 Å². The number of nitrogens with one attached hydrogen (secondary N) is 1. The Labute approximate surface area is 123 Å². The number of rotatable bonds is 4. The van der Waals surface area contributed by atoms with Crippen LogP contribution in [-0.4, -0.2) is 28.5 Å². The molecule has 5 heteroatoms. The highest BCUT2D eigenvalue weighted by molar-refractivity contribution is 6.05. The van der Waals surface area contributed by atoms with E-state index in [0.29, 0.717) is 11.1 Å². The van der Waals surface area contributed by atoms with Crippen molar-refractivity contribution in [3.05, 3.63) is 41.6 Å². The van der Waals surface area contributed by atoms with E-state index in [-0.39, 0.29) is 12.5 Å². The number of nitrogens with zero attached hydrogens (tertiary/aromatic N) is 1. The first-order valence-electron chi connectivity index (χ1n) is 6.69. The van der Waals surface area contributed by atoms with Crippen LogP contribution in [0, 0.1) is 12.3 Å². The fourth-order valence-corrected chi connectivity index (χ4v) is 1.90. The number of hydrogen-bond acceptors (Lipinski definition) is 3. The van der Waals surface area contributed by atoms with E-state index in [1.165, 1.54) is 0 Å². The summed E-state index contributed by atoms with van der Waals surface area (Å²) in [6.45, 7) is 5.06. The Morgan fingerprint density at radius 3 is 2.62 bits per heavy atom. The number of aryl methyl sites for hydroxylation is 1. The Hall–Kier alpha value is -2.43. The minimum Gasteiger partial charge on any atom is -0.481 e. The Kier molecular flexibility index (Phi) is 3.93. The average molecular weight is 286 g/mol. The van der Waals surface area contributed by atoms with E-state index in [2.05, 4.69) is 10.3 Å². The number of hydrogen-bond donors (Lipinski definition) is 2. The van der Waals surface area contributed by atoms with Gasteiger partial charge in [0.05, 0.1) is 16.5 Å². The lowest BCUT2D eigenvalue weighted by Crippen LogP contribution is -2.39. The van der Waals surface area contributed by atoms with Crippen molar-refractivity contribution >= 4 is 22.8 Å². The monoisotopic (exact) mass is 286 g/mol. The van der Waals surface area contributed by atoms with Gasteiger partial charge >= 0.3 is 5.97 Å². The highest BCUT2D eigenvalue weighted by atomic mass is 16.4. The lowest BCUT2D eigenvalue weighted by atomic mass is 9.94. The summed E-state index contributed by atoms with van der Waals surface area (Å²) in [7, 11) is 0. The quantitative estimate of drug-likeness (QED) is 0.904. The van der Waals surface area contributed by atoms with Gasteiger partial charge < -0.3 is 10.4 Å². The van der Waals surface area contributed by atoms with Crippen molar-refractivity contribution in [2.24, 2.45) is 5.41 Å². The van der Waals surface area contributed by atoms with Crippen LogP contribution < -0.4 is 5.32 Å². The normalized spacial score (nSPS) is 11.4. The smallest absolute Gasteiger partial charge is 0.310 e. The van der Waals surface area contributed by atoms with Crippen molar-refractivity contribution in [3.8, 4) is 0 Å². The summed E-state index contributed by atoms with van der Waals surface area (Å²) in [4.78, 5) is 27.8. The Bertz CT molecular complexity index is 708. The zero-order valence-corrected chi connectivity index (χ0v) is 12.3. The van der Waals surface area contributed by atoms with Crippen LogP contribution in [0.1, 0.15) is 29.9 Å². The van der Waals surface area contributed by atoms with E-state index >= 15 is 0 Å². The molecule has 0 aliphatic rings. The number of carbonyl (C=O) groups excluding carboxylic acids is 1. The van der Waals surface area contributed by atoms with E-state index in [0.717, 1.165) is 11.1 Å². The largest absolute Gasteiger partial charge is 0.481 e. The Balaban J connectivity index is 2.28. The van der Waals surface area contributed by atoms with E-state index in [1.54, 1.807) is 26.0 Å². The van der Waals surface area contributed by atoms with Gasteiger partial charge in [-0.25, -0.2) is 0 Å². The molecule has 1 heterocycles. The first-order valence-corrected chi connectivity index (χ1v) is 6.69. The molecule has 0 unspecified atom stereocenters. The molecule has 110 valence electrons. The SMILES string of the molecule is Cc1ccc2cccc(C(=O)NCC(C)(C)C(=O)O)c2n1. The molecule has 0 saturated heterocycles. The molecular weight excluding hydrogens is 268 g/mol. The van der Waals surface area contributed by atoms with Crippen LogP contribution in [0.2, 0.25) is 0 Å². The third kappa shape index (κ3) is 3.18. The van der Waals surface area contributed by atoms with Gasteiger partial charge in [0.15, 0.2) is 0 Å². The van der Waals surface area contributed by atoms with Crippen molar-refractivity contribution in [1.82, 2.24) is 10.3 Å². The van der Waals surface area contributed by atoms with Gasteiger partial charge in [-0.2, -0.15) is 0 Å². The predicted molar refractivity (Wildman–Crippen MR) is 80.2 cm³/mol. The Morgan fingerprint density at radius 1 is 1.24 bits per heavy atom. The van der Waals surface area contributed by atoms with E-state index in [4.69, 9.17) is 5.11 Å². The van der Waals surface area contributed by atoms with Crippen molar-refractivity contribution < 1.29 is 14.7 Å². The number of aromatic nitrogens is 1. The van der Waals surface area contributed by atoms with Gasteiger partial charge in [0, 0.05) is 17.6 Å². The number of carboxylic acids is 1. The van der Waals surface area contributed by atoms with Crippen molar-refractivity contribution in [2.75, 3.05) is 6.54 Å². The number of carbonyl (C=O) groups is 2. The summed E-state index contributed by atoms with van der Waals surface area (Å²) >= 11 is 0. The molecule has 21 heavy (non-hydrogen) atoms. The molecule has 1 amide bonds. The summed E-state index contributed by atoms with van der Waals surface area (Å²) < 4.78 is 0. The number of para-hydroxylation sites is 1. The second-order valence-electron chi connectivity index (χ2n) is 5.70. The molecule has 2 N–H and O–H groups in total. The van der Waals surface area contributed by atoms with Gasteiger partial charge in [-0.15, -0.1) is 0 Å². The molecule has 0 spiro atoms. The third-order valence-corrected chi connectivity index (χ3v) is 3.37. The summed E-state index contributed by atoms with van der Waals surface area (Å²) in [5.74, 6) is -1.26. The summed E-state index contributed by atoms with van der Waals surface area (Å²) in [5, 5.41) is 12.6. The number of amides is 1. The lowest BCUT2D eigenvalue weighted by Gasteiger charge is -2.19. The maximum absolute atomic E-state index is 12.3. The van der Waals surface area contributed by atoms with E-state index in [1.807, 2.05) is 25.1 Å². The molecule has 0 bridgehead atoms. The molecule has 0 saturated carbocycles. The number of benzene rings is 1. The third-order valence-electron chi connectivity index (χ3n) is 3.37. The van der Waals surface area contributed by atoms with E-state index in [9.17, 15) is 9.59 Å². The molecular formula is C16H18N2O3. The first kappa shape index (κ1) is 15.0. The van der Waals surface area contributed by atoms with Gasteiger partial charge in [0.2, 0.25) is 0 Å². The fraction of sp³-hybridized carbons (Fsp3) is 0.312. The molecule has 1 aromatic carbocycles. The predicted octanol–water partition coefficient (Wildman–Crippen LogP) is 2.38. The number of carboxylic acid groups (broad SMARTS) is 1. The molecule has 2 rings (SSSR count). The van der Waals surface area contributed by atoms with Gasteiger partial charge in [0.25, 0.3) is 5.91 Å². The topological polar surface area (TPSA) is 79.3 Å². The van der Waals surface area contributed by atoms with Gasteiger partial charge in [0.1, 0.15) is 0 Å². The van der Waals surface area contributed by atoms with Crippen LogP contribution in [0.5, 0.6) is 0 Å². The molecule has 2 aromatic rings. The maximum Gasteiger partial charge on any atom is 0.310 e. The number of pyridine rings is 1. The molecule has 0 aliphatic heterocycles. The summed E-state index contributed by atoms with van der Waals surface area (Å²) in [6.07, 6.45) is 0. The summed E-state index contributed by atoms with van der Waals surface area (Å²) in [5.41, 5.74) is 0.901. The second kappa shape index (κ2) is 5.52. The lowest BCUT2D eigenvalue weighted by molar-refractivity contribution is -0.146. The molecule has 0 atom stereocenters. The Morgan fingerprint density at radius 2 is 1.95 bits per heavy atom. The van der Waals surface area contributed by atoms with Gasteiger partial charge in [-0.1, -0.05) is 18.2 Å². The van der Waals surface area contributed by atoms with Crippen LogP contribution in [0.15, 0.2) is 30.3 Å². The molecule has 1 aromatic heterocycles. The van der Waals surface area contributed by atoms with Crippen LogP contribution >= 0.6 is 0 Å². The van der Waals surface area contributed by atoms with Crippen LogP contribution in [0.25, 0.3) is 10.9 Å². The van der Waals surface area contributed by atoms with Crippen LogP contribution in [-0.2, 0) is 4.79 Å². The molecule has 0 aliphatic carbocycles. The van der Waals surface area contributed by atoms with E-state index < -0.39 is 11.4 Å². The molecule has 5 nitrogen and oxygen atoms in total. The highest BCUT2D eigenvalue weighted by Crippen LogP contribution is 2.18. The number of aliphatic carboxylic acids is 1. The highest BCUT2D eigenvalue weighted by Gasteiger charge is 2.28. The zero-order chi connectivity index (χ0) is 15.6. The van der Waals surface area contributed by atoms with Crippen molar-refractivity contribution in [1.29, 1.82) is 0 Å². The first-order chi connectivity index (χ1) is 9.81. The molecule has 0 radical (unpaired) electrons. The fourth-order valence-electron chi connectivity index (χ4n) is 1.90. The van der Waals surface area contributed by atoms with Crippen molar-refractivity contribution in [3.63, 3.8) is 0 Å². The summed E-state index contributed by atoms with van der Waals surface area (Å²) in [6, 6.07) is 9.17. The second-order valence-corrected chi connectivity index (χ2v) is 5.70. The van der Waals surface area contributed by atoms with Crippen LogP contribution in [0.3, 0.4) is 0 Å². The number of fused-ring (bicyclic) bond motifs is 1. The zero-order valence-electron chi connectivity index (χ0n) is 12.3. The molecule has 0 fully saturated rings. The minimum absolute atomic E-state index is 0.0589. The van der Waals surface area contributed by atoms with Gasteiger partial charge in [-0.05, 0) is 32.9 Å². The average Bonchev–Trinajstić information content (AvgIpc) is 2.44. The minimum atomic E-state index is -1.01.